The highest BCUT2D eigenvalue weighted by Gasteiger charge is 2.35. The molecule has 0 bridgehead atoms. The summed E-state index contributed by atoms with van der Waals surface area (Å²) >= 11 is 6.05. The van der Waals surface area contributed by atoms with Crippen molar-refractivity contribution in [3.05, 3.63) is 34.3 Å². The lowest BCUT2D eigenvalue weighted by atomic mass is 9.91. The number of nitrogen functional groups attached to an aromatic ring is 1. The molecule has 1 aromatic carbocycles. The van der Waals surface area contributed by atoms with Gasteiger partial charge in [0.15, 0.2) is 0 Å². The summed E-state index contributed by atoms with van der Waals surface area (Å²) in [4.78, 5) is 36.3. The first-order valence-corrected chi connectivity index (χ1v) is 10.1. The number of fused-ring (bicyclic) bond motifs is 1. The maximum atomic E-state index is 13.0. The zero-order valence-corrected chi connectivity index (χ0v) is 16.9. The molecule has 4 N–H and O–H groups in total. The van der Waals surface area contributed by atoms with Gasteiger partial charge in [-0.15, -0.1) is 0 Å². The van der Waals surface area contributed by atoms with E-state index in [0.717, 1.165) is 31.5 Å². The van der Waals surface area contributed by atoms with Crippen LogP contribution in [0.1, 0.15) is 42.7 Å². The Morgan fingerprint density at radius 2 is 2.03 bits per heavy atom. The normalized spacial score (nSPS) is 18.8. The Bertz CT molecular complexity index is 974. The largest absolute Gasteiger partial charge is 0.383 e. The van der Waals surface area contributed by atoms with E-state index >= 15 is 0 Å². The molecule has 0 radical (unpaired) electrons. The average molecular weight is 415 g/mol. The van der Waals surface area contributed by atoms with Crippen LogP contribution in [0.15, 0.2) is 18.2 Å². The zero-order chi connectivity index (χ0) is 20.5. The molecule has 3 heterocycles. The first-order valence-electron chi connectivity index (χ1n) is 9.71. The third-order valence-corrected chi connectivity index (χ3v) is 5.61. The molecule has 1 aromatic heterocycles. The predicted octanol–water partition coefficient (Wildman–Crippen LogP) is 3.08. The first-order chi connectivity index (χ1) is 13.9. The van der Waals surface area contributed by atoms with E-state index in [9.17, 15) is 9.59 Å². The highest BCUT2D eigenvalue weighted by atomic mass is 35.5. The molecular formula is C20H23ClN6O2. The van der Waals surface area contributed by atoms with E-state index in [-0.39, 0.29) is 24.1 Å². The lowest BCUT2D eigenvalue weighted by molar-refractivity contribution is -0.123. The smallest absolute Gasteiger partial charge is 0.232 e. The van der Waals surface area contributed by atoms with E-state index in [1.165, 1.54) is 6.42 Å². The Balaban J connectivity index is 1.65. The number of piperidine rings is 1. The second-order valence-electron chi connectivity index (χ2n) is 7.47. The van der Waals surface area contributed by atoms with Gasteiger partial charge in [-0.1, -0.05) is 17.7 Å². The van der Waals surface area contributed by atoms with Crippen molar-refractivity contribution in [2.75, 3.05) is 34.4 Å². The molecule has 152 valence electrons. The van der Waals surface area contributed by atoms with Gasteiger partial charge in [0.2, 0.25) is 17.8 Å². The van der Waals surface area contributed by atoms with Crippen LogP contribution in [-0.4, -0.2) is 34.9 Å². The zero-order valence-electron chi connectivity index (χ0n) is 16.2. The minimum absolute atomic E-state index is 0.0188. The highest BCUT2D eigenvalue weighted by molar-refractivity contribution is 6.31. The van der Waals surface area contributed by atoms with Crippen molar-refractivity contribution >= 4 is 46.7 Å². The van der Waals surface area contributed by atoms with Gasteiger partial charge in [0.05, 0.1) is 11.5 Å². The number of nitrogens with two attached hydrogens (primary N) is 1. The fraction of sp³-hybridized carbons (Fsp3) is 0.400. The number of hydrogen-bond acceptors (Lipinski definition) is 6. The van der Waals surface area contributed by atoms with Crippen molar-refractivity contribution in [3.63, 3.8) is 0 Å². The molecule has 9 heteroatoms. The Hall–Kier alpha value is -2.87. The van der Waals surface area contributed by atoms with Gasteiger partial charge in [0.1, 0.15) is 11.6 Å². The predicted molar refractivity (Wildman–Crippen MR) is 113 cm³/mol. The summed E-state index contributed by atoms with van der Waals surface area (Å²) < 4.78 is 0. The van der Waals surface area contributed by atoms with Crippen molar-refractivity contribution in [2.45, 2.75) is 38.5 Å². The van der Waals surface area contributed by atoms with Gasteiger partial charge in [-0.25, -0.2) is 0 Å². The van der Waals surface area contributed by atoms with Crippen LogP contribution < -0.4 is 21.3 Å². The summed E-state index contributed by atoms with van der Waals surface area (Å²) in [5.74, 6) is -0.355. The highest BCUT2D eigenvalue weighted by Crippen LogP contribution is 2.37. The van der Waals surface area contributed by atoms with E-state index in [4.69, 9.17) is 17.3 Å². The van der Waals surface area contributed by atoms with E-state index < -0.39 is 5.92 Å². The van der Waals surface area contributed by atoms with Crippen LogP contribution in [-0.2, 0) is 9.59 Å². The first kappa shape index (κ1) is 19.4. The number of hydrogen-bond donors (Lipinski definition) is 3. The molecular weight excluding hydrogens is 392 g/mol. The molecule has 2 aliphatic rings. The second kappa shape index (κ2) is 7.87. The van der Waals surface area contributed by atoms with E-state index in [1.54, 1.807) is 12.1 Å². The van der Waals surface area contributed by atoms with Crippen LogP contribution in [0.4, 0.5) is 23.3 Å². The van der Waals surface area contributed by atoms with Crippen molar-refractivity contribution in [2.24, 2.45) is 0 Å². The summed E-state index contributed by atoms with van der Waals surface area (Å²) in [6.07, 6.45) is 3.29. The maximum absolute atomic E-state index is 13.0. The van der Waals surface area contributed by atoms with Gasteiger partial charge >= 0.3 is 0 Å². The number of aryl methyl sites for hydroxylation is 1. The van der Waals surface area contributed by atoms with E-state index in [1.807, 2.05) is 13.0 Å². The fourth-order valence-corrected chi connectivity index (χ4v) is 3.96. The minimum Gasteiger partial charge on any atom is -0.383 e. The number of rotatable bonds is 3. The monoisotopic (exact) mass is 414 g/mol. The molecule has 1 fully saturated rings. The molecule has 4 rings (SSSR count). The van der Waals surface area contributed by atoms with Crippen LogP contribution >= 0.6 is 11.6 Å². The topological polar surface area (TPSA) is 113 Å². The lowest BCUT2D eigenvalue weighted by Gasteiger charge is -2.30. The molecule has 0 spiro atoms. The Labute approximate surface area is 173 Å². The van der Waals surface area contributed by atoms with Crippen molar-refractivity contribution in [3.8, 4) is 0 Å². The van der Waals surface area contributed by atoms with Crippen LogP contribution in [0.5, 0.6) is 0 Å². The number of halogens is 1. The van der Waals surface area contributed by atoms with Gasteiger partial charge in [0.25, 0.3) is 0 Å². The Morgan fingerprint density at radius 3 is 2.79 bits per heavy atom. The number of carbonyl (C=O) groups excluding carboxylic acids is 2. The number of nitrogens with one attached hydrogen (secondary N) is 2. The Kier molecular flexibility index (Phi) is 5.27. The standard InChI is InChI=1S/C20H23ClN6O2/c1-11-5-6-12(21)9-14(11)23-19(29)13-10-15(28)24-18-16(13)17(22)25-20(26-18)27-7-3-2-4-8-27/h5-6,9,13H,2-4,7-8,10H2,1H3,(H,23,29)(H3,22,24,25,26,28)/t13-/m1/s1. The summed E-state index contributed by atoms with van der Waals surface area (Å²) in [6, 6.07) is 5.25. The quantitative estimate of drug-likeness (QED) is 0.711. The van der Waals surface area contributed by atoms with Gasteiger partial charge < -0.3 is 21.3 Å². The molecule has 0 saturated carbocycles. The van der Waals surface area contributed by atoms with Gasteiger partial charge in [-0.2, -0.15) is 9.97 Å². The van der Waals surface area contributed by atoms with Crippen LogP contribution in [0, 0.1) is 6.92 Å². The number of nitrogens with zero attached hydrogens (tertiary/aromatic N) is 3. The summed E-state index contributed by atoms with van der Waals surface area (Å²) in [6.45, 7) is 3.57. The summed E-state index contributed by atoms with van der Waals surface area (Å²) in [7, 11) is 0. The number of aromatic nitrogens is 2. The third kappa shape index (κ3) is 3.98. The van der Waals surface area contributed by atoms with Gasteiger partial charge in [-0.3, -0.25) is 9.59 Å². The lowest BCUT2D eigenvalue weighted by Crippen LogP contribution is -2.35. The summed E-state index contributed by atoms with van der Waals surface area (Å²) in [5.41, 5.74) is 8.17. The molecule has 2 aliphatic heterocycles. The number of anilines is 4. The third-order valence-electron chi connectivity index (χ3n) is 5.37. The summed E-state index contributed by atoms with van der Waals surface area (Å²) in [5, 5.41) is 6.13. The molecule has 0 aliphatic carbocycles. The van der Waals surface area contributed by atoms with E-state index in [0.29, 0.717) is 28.0 Å². The molecule has 0 unspecified atom stereocenters. The number of carbonyl (C=O) groups is 2. The fourth-order valence-electron chi connectivity index (χ4n) is 3.79. The van der Waals surface area contributed by atoms with Crippen molar-refractivity contribution in [1.82, 2.24) is 9.97 Å². The van der Waals surface area contributed by atoms with Crippen molar-refractivity contribution < 1.29 is 9.59 Å². The van der Waals surface area contributed by atoms with Crippen molar-refractivity contribution in [1.29, 1.82) is 0 Å². The molecule has 1 saturated heterocycles. The minimum atomic E-state index is -0.771. The Morgan fingerprint density at radius 1 is 1.28 bits per heavy atom. The number of benzene rings is 1. The second-order valence-corrected chi connectivity index (χ2v) is 7.91. The number of amides is 2. The molecule has 1 atom stereocenters. The molecule has 2 aromatic rings. The molecule has 29 heavy (non-hydrogen) atoms. The van der Waals surface area contributed by atoms with E-state index in [2.05, 4.69) is 25.5 Å². The molecule has 8 nitrogen and oxygen atoms in total. The van der Waals surface area contributed by atoms with Crippen LogP contribution in [0.3, 0.4) is 0 Å². The van der Waals surface area contributed by atoms with Gasteiger partial charge in [-0.05, 0) is 43.9 Å². The van der Waals surface area contributed by atoms with Crippen LogP contribution in [0.2, 0.25) is 5.02 Å². The molecule has 2 amide bonds. The average Bonchev–Trinajstić information content (AvgIpc) is 2.70. The van der Waals surface area contributed by atoms with Gasteiger partial charge in [0, 0.05) is 30.2 Å². The maximum Gasteiger partial charge on any atom is 0.232 e. The SMILES string of the molecule is Cc1ccc(Cl)cc1NC(=O)[C@@H]1CC(=O)Nc2nc(N3CCCCC3)nc(N)c21. The van der Waals surface area contributed by atoms with Crippen LogP contribution in [0.25, 0.3) is 0 Å².